The summed E-state index contributed by atoms with van der Waals surface area (Å²) in [4.78, 5) is 10.9. The second kappa shape index (κ2) is 2.96. The van der Waals surface area contributed by atoms with E-state index in [2.05, 4.69) is 13.8 Å². The maximum Gasteiger partial charge on any atom is 0.130 e. The van der Waals surface area contributed by atoms with Crippen LogP contribution < -0.4 is 0 Å². The van der Waals surface area contributed by atoms with Crippen molar-refractivity contribution in [2.45, 2.75) is 46.5 Å². The molecule has 1 unspecified atom stereocenters. The summed E-state index contributed by atoms with van der Waals surface area (Å²) in [7, 11) is 0. The molecule has 0 aromatic heterocycles. The first-order valence-corrected chi connectivity index (χ1v) is 4.52. The van der Waals surface area contributed by atoms with Crippen molar-refractivity contribution in [1.82, 2.24) is 0 Å². The Labute approximate surface area is 69.2 Å². The van der Waals surface area contributed by atoms with Crippen molar-refractivity contribution in [2.24, 2.45) is 11.3 Å². The topological polar surface area (TPSA) is 17.1 Å². The number of hydrogen-bond donors (Lipinski definition) is 0. The lowest BCUT2D eigenvalue weighted by Crippen LogP contribution is -2.19. The van der Waals surface area contributed by atoms with Gasteiger partial charge in [-0.3, -0.25) is 0 Å². The van der Waals surface area contributed by atoms with Crippen LogP contribution in [0.2, 0.25) is 0 Å². The molecule has 1 heteroatoms. The van der Waals surface area contributed by atoms with Gasteiger partial charge >= 0.3 is 0 Å². The lowest BCUT2D eigenvalue weighted by molar-refractivity contribution is -0.118. The van der Waals surface area contributed by atoms with Crippen molar-refractivity contribution in [3.8, 4) is 0 Å². The predicted octanol–water partition coefficient (Wildman–Crippen LogP) is 2.79. The van der Waals surface area contributed by atoms with Gasteiger partial charge in [0.25, 0.3) is 0 Å². The van der Waals surface area contributed by atoms with Gasteiger partial charge in [0.05, 0.1) is 0 Å². The highest BCUT2D eigenvalue weighted by Gasteiger charge is 2.34. The molecule has 0 spiro atoms. The second-order valence-electron chi connectivity index (χ2n) is 4.48. The molecule has 0 radical (unpaired) electrons. The Morgan fingerprint density at radius 1 is 1.55 bits per heavy atom. The Morgan fingerprint density at radius 2 is 2.18 bits per heavy atom. The highest BCUT2D eigenvalue weighted by Crippen LogP contribution is 2.44. The van der Waals surface area contributed by atoms with Gasteiger partial charge in [-0.15, -0.1) is 0 Å². The number of rotatable bonds is 2. The lowest BCUT2D eigenvalue weighted by Gasteiger charge is -2.25. The fourth-order valence-electron chi connectivity index (χ4n) is 2.12. The lowest BCUT2D eigenvalue weighted by atomic mass is 9.79. The second-order valence-corrected chi connectivity index (χ2v) is 4.48. The van der Waals surface area contributed by atoms with E-state index in [1.807, 2.05) is 0 Å². The average Bonchev–Trinajstić information content (AvgIpc) is 2.10. The zero-order valence-electron chi connectivity index (χ0n) is 7.81. The maximum absolute atomic E-state index is 10.9. The van der Waals surface area contributed by atoms with Crippen molar-refractivity contribution in [2.75, 3.05) is 0 Å². The Hall–Kier alpha value is -0.330. The van der Waals surface area contributed by atoms with Gasteiger partial charge in [-0.25, -0.2) is 0 Å². The van der Waals surface area contributed by atoms with Crippen molar-refractivity contribution < 1.29 is 4.79 Å². The molecule has 1 rings (SSSR count). The first-order chi connectivity index (χ1) is 5.02. The first kappa shape index (κ1) is 8.76. The Balaban J connectivity index is 2.51. The average molecular weight is 154 g/mol. The molecular formula is C10H18O. The monoisotopic (exact) mass is 154 g/mol. The van der Waals surface area contributed by atoms with Crippen LogP contribution in [0.15, 0.2) is 0 Å². The number of hydrogen-bond acceptors (Lipinski definition) is 1. The van der Waals surface area contributed by atoms with Gasteiger partial charge in [0.15, 0.2) is 0 Å². The smallest absolute Gasteiger partial charge is 0.130 e. The minimum Gasteiger partial charge on any atom is -0.300 e. The van der Waals surface area contributed by atoms with Crippen molar-refractivity contribution in [1.29, 1.82) is 0 Å². The standard InChI is InChI=1S/C10H18O/c1-8(11)7-9-5-4-6-10(9,2)3/h9H,4-7H2,1-3H3. The summed E-state index contributed by atoms with van der Waals surface area (Å²) >= 11 is 0. The van der Waals surface area contributed by atoms with Crippen molar-refractivity contribution in [3.05, 3.63) is 0 Å². The highest BCUT2D eigenvalue weighted by molar-refractivity contribution is 5.75. The molecule has 1 saturated carbocycles. The van der Waals surface area contributed by atoms with E-state index >= 15 is 0 Å². The van der Waals surface area contributed by atoms with Gasteiger partial charge < -0.3 is 4.79 Å². The van der Waals surface area contributed by atoms with Gasteiger partial charge in [-0.2, -0.15) is 0 Å². The van der Waals surface area contributed by atoms with Gasteiger partial charge in [0, 0.05) is 6.42 Å². The summed E-state index contributed by atoms with van der Waals surface area (Å²) in [6.45, 7) is 6.27. The van der Waals surface area contributed by atoms with Gasteiger partial charge in [-0.05, 0) is 31.1 Å². The summed E-state index contributed by atoms with van der Waals surface area (Å²) in [6, 6.07) is 0. The summed E-state index contributed by atoms with van der Waals surface area (Å²) < 4.78 is 0. The van der Waals surface area contributed by atoms with Crippen LogP contribution in [-0.4, -0.2) is 5.78 Å². The Morgan fingerprint density at radius 3 is 2.55 bits per heavy atom. The summed E-state index contributed by atoms with van der Waals surface area (Å²) in [5.74, 6) is 1.00. The summed E-state index contributed by atoms with van der Waals surface area (Å²) in [5.41, 5.74) is 0.422. The van der Waals surface area contributed by atoms with E-state index in [9.17, 15) is 4.79 Å². The minimum absolute atomic E-state index is 0.352. The Bertz CT molecular complexity index is 158. The molecule has 0 heterocycles. The zero-order chi connectivity index (χ0) is 8.48. The third-order valence-electron chi connectivity index (χ3n) is 3.01. The molecule has 1 atom stereocenters. The van der Waals surface area contributed by atoms with Crippen LogP contribution in [0, 0.1) is 11.3 Å². The number of ketones is 1. The fourth-order valence-corrected chi connectivity index (χ4v) is 2.12. The molecule has 0 bridgehead atoms. The molecule has 1 fully saturated rings. The molecule has 64 valence electrons. The van der Waals surface area contributed by atoms with Crippen LogP contribution >= 0.6 is 0 Å². The largest absolute Gasteiger partial charge is 0.300 e. The van der Waals surface area contributed by atoms with Crippen molar-refractivity contribution in [3.63, 3.8) is 0 Å². The SMILES string of the molecule is CC(=O)CC1CCCC1(C)C. The molecule has 1 nitrogen and oxygen atoms in total. The van der Waals surface area contributed by atoms with E-state index in [4.69, 9.17) is 0 Å². The number of Topliss-reactive ketones (excluding diaryl/α,β-unsaturated/α-hetero) is 1. The molecule has 0 saturated heterocycles. The third kappa shape index (κ3) is 2.05. The molecular weight excluding hydrogens is 136 g/mol. The first-order valence-electron chi connectivity index (χ1n) is 4.52. The molecule has 1 aliphatic rings. The van der Waals surface area contributed by atoms with Crippen LogP contribution in [-0.2, 0) is 4.79 Å². The normalized spacial score (nSPS) is 28.8. The predicted molar refractivity (Wildman–Crippen MR) is 46.4 cm³/mol. The van der Waals surface area contributed by atoms with Crippen LogP contribution in [0.25, 0.3) is 0 Å². The van der Waals surface area contributed by atoms with E-state index < -0.39 is 0 Å². The minimum atomic E-state index is 0.352. The number of carbonyl (C=O) groups excluding carboxylic acids is 1. The van der Waals surface area contributed by atoms with E-state index in [-0.39, 0.29) is 0 Å². The fraction of sp³-hybridized carbons (Fsp3) is 0.900. The molecule has 0 N–H and O–H groups in total. The van der Waals surface area contributed by atoms with Crippen LogP contribution in [0.1, 0.15) is 46.5 Å². The maximum atomic E-state index is 10.9. The van der Waals surface area contributed by atoms with Crippen LogP contribution in [0.5, 0.6) is 0 Å². The quantitative estimate of drug-likeness (QED) is 0.597. The molecule has 0 aromatic rings. The Kier molecular flexibility index (Phi) is 2.36. The van der Waals surface area contributed by atoms with Crippen molar-refractivity contribution >= 4 is 5.78 Å². The highest BCUT2D eigenvalue weighted by atomic mass is 16.1. The number of carbonyl (C=O) groups is 1. The van der Waals surface area contributed by atoms with E-state index in [0.29, 0.717) is 17.1 Å². The van der Waals surface area contributed by atoms with E-state index in [0.717, 1.165) is 6.42 Å². The summed E-state index contributed by atoms with van der Waals surface area (Å²) in [6.07, 6.45) is 4.66. The van der Waals surface area contributed by atoms with Gasteiger partial charge in [-0.1, -0.05) is 20.3 Å². The third-order valence-corrected chi connectivity index (χ3v) is 3.01. The van der Waals surface area contributed by atoms with E-state index in [1.54, 1.807) is 6.92 Å². The molecule has 11 heavy (non-hydrogen) atoms. The van der Waals surface area contributed by atoms with E-state index in [1.165, 1.54) is 19.3 Å². The molecule has 0 aromatic carbocycles. The molecule has 1 aliphatic carbocycles. The van der Waals surface area contributed by atoms with Crippen LogP contribution in [0.3, 0.4) is 0 Å². The van der Waals surface area contributed by atoms with Crippen LogP contribution in [0.4, 0.5) is 0 Å². The van der Waals surface area contributed by atoms with Gasteiger partial charge in [0.2, 0.25) is 0 Å². The zero-order valence-corrected chi connectivity index (χ0v) is 7.81. The molecule has 0 amide bonds. The molecule has 0 aliphatic heterocycles. The van der Waals surface area contributed by atoms with Gasteiger partial charge in [0.1, 0.15) is 5.78 Å². The summed E-state index contributed by atoms with van der Waals surface area (Å²) in [5, 5.41) is 0.